The summed E-state index contributed by atoms with van der Waals surface area (Å²) in [6.07, 6.45) is 18.6. The molecule has 0 unspecified atom stereocenters. The predicted molar refractivity (Wildman–Crippen MR) is 133 cm³/mol. The standard InChI is InChI=1S/C26H42Cl2O4/c1-3-5-7-9-11-13-15-17-19-31-25-21(27)23(29)22(28)26(24(25)30)32-20-18-16-14-12-10-8-6-4-2/h3-20H2,1-2H3. The Morgan fingerprint density at radius 3 is 1.16 bits per heavy atom. The molecule has 0 bridgehead atoms. The summed E-state index contributed by atoms with van der Waals surface area (Å²) in [6, 6.07) is 0. The van der Waals surface area contributed by atoms with E-state index in [1.165, 1.54) is 64.2 Å². The summed E-state index contributed by atoms with van der Waals surface area (Å²) < 4.78 is 11.2. The Morgan fingerprint density at radius 1 is 0.500 bits per heavy atom. The molecule has 0 amide bonds. The molecule has 0 heterocycles. The molecule has 0 spiro atoms. The molecule has 0 saturated carbocycles. The summed E-state index contributed by atoms with van der Waals surface area (Å²) in [7, 11) is 0. The molecule has 1 rings (SSSR count). The van der Waals surface area contributed by atoms with Gasteiger partial charge in [0.15, 0.2) is 11.5 Å². The van der Waals surface area contributed by atoms with Gasteiger partial charge in [-0.15, -0.1) is 0 Å². The van der Waals surface area contributed by atoms with E-state index in [9.17, 15) is 9.59 Å². The van der Waals surface area contributed by atoms with Crippen LogP contribution >= 0.6 is 23.2 Å². The molecule has 1 aliphatic rings. The first-order chi connectivity index (χ1) is 15.5. The zero-order chi connectivity index (χ0) is 23.6. The van der Waals surface area contributed by atoms with Gasteiger partial charge in [0, 0.05) is 0 Å². The van der Waals surface area contributed by atoms with Gasteiger partial charge in [0.1, 0.15) is 10.1 Å². The van der Waals surface area contributed by atoms with Gasteiger partial charge in [-0.25, -0.2) is 0 Å². The molecule has 6 heteroatoms. The maximum Gasteiger partial charge on any atom is 0.265 e. The van der Waals surface area contributed by atoms with Gasteiger partial charge in [-0.05, 0) is 12.8 Å². The van der Waals surface area contributed by atoms with Crippen LogP contribution in [-0.2, 0) is 19.1 Å². The van der Waals surface area contributed by atoms with Crippen molar-refractivity contribution in [2.45, 2.75) is 117 Å². The lowest BCUT2D eigenvalue weighted by Gasteiger charge is -2.19. The molecule has 0 aliphatic heterocycles. The fourth-order valence-corrected chi connectivity index (χ4v) is 4.20. The summed E-state index contributed by atoms with van der Waals surface area (Å²) in [4.78, 5) is 25.1. The van der Waals surface area contributed by atoms with Crippen LogP contribution in [0.2, 0.25) is 0 Å². The highest BCUT2D eigenvalue weighted by Crippen LogP contribution is 2.31. The number of halogens is 2. The minimum atomic E-state index is -0.607. The fourth-order valence-electron chi connectivity index (χ4n) is 3.68. The van der Waals surface area contributed by atoms with Crippen LogP contribution in [0.5, 0.6) is 0 Å². The summed E-state index contributed by atoms with van der Waals surface area (Å²) in [5.74, 6) is -1.40. The summed E-state index contributed by atoms with van der Waals surface area (Å²) >= 11 is 12.1. The number of carbonyl (C=O) groups excluding carboxylic acids is 2. The van der Waals surface area contributed by atoms with E-state index in [0.717, 1.165) is 38.5 Å². The third kappa shape index (κ3) is 11.2. The van der Waals surface area contributed by atoms with E-state index >= 15 is 0 Å². The molecular weight excluding hydrogens is 447 g/mol. The third-order valence-electron chi connectivity index (χ3n) is 5.70. The average molecular weight is 490 g/mol. The number of carbonyl (C=O) groups is 2. The van der Waals surface area contributed by atoms with Crippen LogP contribution in [0.1, 0.15) is 117 Å². The number of Topliss-reactive ketones (excluding diaryl/α,β-unsaturated/α-hetero) is 2. The van der Waals surface area contributed by atoms with E-state index in [1.807, 2.05) is 0 Å². The van der Waals surface area contributed by atoms with Crippen molar-refractivity contribution in [3.8, 4) is 0 Å². The highest BCUT2D eigenvalue weighted by atomic mass is 35.5. The first kappa shape index (κ1) is 29.0. The molecular formula is C26H42Cl2O4. The largest absolute Gasteiger partial charge is 0.488 e. The van der Waals surface area contributed by atoms with Crippen molar-refractivity contribution in [3.05, 3.63) is 21.6 Å². The molecule has 0 aromatic heterocycles. The minimum Gasteiger partial charge on any atom is -0.488 e. The number of hydrogen-bond donors (Lipinski definition) is 0. The molecule has 0 fully saturated rings. The van der Waals surface area contributed by atoms with Gasteiger partial charge in [-0.1, -0.05) is 127 Å². The van der Waals surface area contributed by atoms with E-state index < -0.39 is 11.6 Å². The van der Waals surface area contributed by atoms with Crippen molar-refractivity contribution in [3.63, 3.8) is 0 Å². The number of allylic oxidation sites excluding steroid dienone is 2. The zero-order valence-corrected chi connectivity index (χ0v) is 21.6. The third-order valence-corrected chi connectivity index (χ3v) is 6.39. The molecule has 184 valence electrons. The van der Waals surface area contributed by atoms with Crippen molar-refractivity contribution in [1.29, 1.82) is 0 Å². The van der Waals surface area contributed by atoms with E-state index in [1.54, 1.807) is 0 Å². The van der Waals surface area contributed by atoms with E-state index in [2.05, 4.69) is 13.8 Å². The quantitative estimate of drug-likeness (QED) is 0.127. The van der Waals surface area contributed by atoms with Crippen LogP contribution in [0.25, 0.3) is 0 Å². The van der Waals surface area contributed by atoms with Crippen LogP contribution in [-0.4, -0.2) is 24.8 Å². The normalized spacial score (nSPS) is 14.5. The zero-order valence-electron chi connectivity index (χ0n) is 20.1. The number of hydrogen-bond acceptors (Lipinski definition) is 4. The molecule has 0 aromatic carbocycles. The highest BCUT2D eigenvalue weighted by Gasteiger charge is 2.36. The van der Waals surface area contributed by atoms with Crippen LogP contribution in [0.3, 0.4) is 0 Å². The van der Waals surface area contributed by atoms with Crippen LogP contribution < -0.4 is 0 Å². The maximum absolute atomic E-state index is 12.7. The SMILES string of the molecule is CCCCCCCCCCOC1=C(Cl)C(=O)C(Cl)=C(OCCCCCCCCCC)C1=O. The smallest absolute Gasteiger partial charge is 0.265 e. The Morgan fingerprint density at radius 2 is 0.812 bits per heavy atom. The number of unbranched alkanes of at least 4 members (excludes halogenated alkanes) is 14. The summed E-state index contributed by atoms with van der Waals surface area (Å²) in [5.41, 5.74) is 0. The van der Waals surface area contributed by atoms with Crippen molar-refractivity contribution in [2.24, 2.45) is 0 Å². The number of rotatable bonds is 20. The molecule has 4 nitrogen and oxygen atoms in total. The molecule has 1 aliphatic carbocycles. The molecule has 0 atom stereocenters. The Labute approximate surface area is 205 Å². The Hall–Kier alpha value is -1.00. The van der Waals surface area contributed by atoms with E-state index in [-0.39, 0.29) is 21.6 Å². The Balaban J connectivity index is 2.33. The highest BCUT2D eigenvalue weighted by molar-refractivity contribution is 6.58. The topological polar surface area (TPSA) is 52.6 Å². The lowest BCUT2D eigenvalue weighted by molar-refractivity contribution is -0.121. The van der Waals surface area contributed by atoms with Crippen LogP contribution in [0.4, 0.5) is 0 Å². The average Bonchev–Trinajstić information content (AvgIpc) is 2.79. The van der Waals surface area contributed by atoms with Crippen molar-refractivity contribution < 1.29 is 19.1 Å². The molecule has 0 N–H and O–H groups in total. The van der Waals surface area contributed by atoms with Gasteiger partial charge in [-0.3, -0.25) is 9.59 Å². The lowest BCUT2D eigenvalue weighted by Crippen LogP contribution is -2.24. The van der Waals surface area contributed by atoms with Crippen molar-refractivity contribution in [1.82, 2.24) is 0 Å². The van der Waals surface area contributed by atoms with Crippen LogP contribution in [0.15, 0.2) is 21.6 Å². The molecule has 32 heavy (non-hydrogen) atoms. The Bertz CT molecular complexity index is 575. The van der Waals surface area contributed by atoms with Gasteiger partial charge in [0.2, 0.25) is 5.78 Å². The first-order valence-corrected chi connectivity index (χ1v) is 13.4. The summed E-state index contributed by atoms with van der Waals surface area (Å²) in [5, 5.41) is -0.502. The second kappa shape index (κ2) is 18.4. The fraction of sp³-hybridized carbons (Fsp3) is 0.769. The summed E-state index contributed by atoms with van der Waals surface area (Å²) in [6.45, 7) is 5.12. The molecule has 0 aromatic rings. The predicted octanol–water partition coefficient (Wildman–Crippen LogP) is 8.35. The van der Waals surface area contributed by atoms with Crippen molar-refractivity contribution in [2.75, 3.05) is 13.2 Å². The second-order valence-corrected chi connectivity index (χ2v) is 9.35. The van der Waals surface area contributed by atoms with Gasteiger partial charge < -0.3 is 9.47 Å². The second-order valence-electron chi connectivity index (χ2n) is 8.59. The first-order valence-electron chi connectivity index (χ1n) is 12.7. The van der Waals surface area contributed by atoms with E-state index in [4.69, 9.17) is 32.7 Å². The number of ether oxygens (including phenoxy) is 2. The van der Waals surface area contributed by atoms with Gasteiger partial charge in [0.05, 0.1) is 13.2 Å². The van der Waals surface area contributed by atoms with Crippen LogP contribution in [0, 0.1) is 0 Å². The number of ketones is 2. The Kier molecular flexibility index (Phi) is 16.7. The monoisotopic (exact) mass is 488 g/mol. The van der Waals surface area contributed by atoms with E-state index in [0.29, 0.717) is 13.2 Å². The minimum absolute atomic E-state index is 0.130. The van der Waals surface area contributed by atoms with Gasteiger partial charge >= 0.3 is 0 Å². The molecule has 0 radical (unpaired) electrons. The van der Waals surface area contributed by atoms with Gasteiger partial charge in [0.25, 0.3) is 5.78 Å². The van der Waals surface area contributed by atoms with Gasteiger partial charge in [-0.2, -0.15) is 0 Å². The maximum atomic E-state index is 12.7. The lowest BCUT2D eigenvalue weighted by atomic mass is 10.1. The van der Waals surface area contributed by atoms with Crippen molar-refractivity contribution >= 4 is 34.8 Å². The molecule has 0 saturated heterocycles.